The van der Waals surface area contributed by atoms with Gasteiger partial charge in [-0.25, -0.2) is 4.68 Å². The zero-order valence-corrected chi connectivity index (χ0v) is 14.7. The highest BCUT2D eigenvalue weighted by Gasteiger charge is 2.07. The number of carbonyl (C=O) groups is 1. The Hall–Kier alpha value is -1.99. The first-order valence-corrected chi connectivity index (χ1v) is 8.90. The molecule has 0 aliphatic carbocycles. The molecule has 5 nitrogen and oxygen atoms in total. The minimum Gasteiger partial charge on any atom is -0.350 e. The van der Waals surface area contributed by atoms with Crippen molar-refractivity contribution in [1.29, 1.82) is 0 Å². The molecule has 1 amide bonds. The first-order chi connectivity index (χ1) is 11.2. The van der Waals surface area contributed by atoms with Crippen molar-refractivity contribution in [2.24, 2.45) is 0 Å². The predicted molar refractivity (Wildman–Crippen MR) is 93.5 cm³/mol. The van der Waals surface area contributed by atoms with E-state index in [0.717, 1.165) is 21.4 Å². The molecule has 0 radical (unpaired) electrons. The third-order valence-electron chi connectivity index (χ3n) is 3.36. The fraction of sp³-hybridized carbons (Fsp3) is 0.188. The number of nitrogens with zero attached hydrogens (tertiary/aromatic N) is 3. The number of hydrogen-bond donors (Lipinski definition) is 1. The van der Waals surface area contributed by atoms with Crippen LogP contribution in [0, 0.1) is 0 Å². The van der Waals surface area contributed by atoms with Crippen LogP contribution in [0.1, 0.15) is 17.7 Å². The second-order valence-corrected chi connectivity index (χ2v) is 6.64. The molecule has 23 heavy (non-hydrogen) atoms. The van der Waals surface area contributed by atoms with Crippen LogP contribution < -0.4 is 5.32 Å². The second kappa shape index (κ2) is 7.52. The zero-order valence-electron chi connectivity index (χ0n) is 12.3. The van der Waals surface area contributed by atoms with Crippen molar-refractivity contribution < 1.29 is 4.79 Å². The van der Waals surface area contributed by atoms with Gasteiger partial charge in [-0.2, -0.15) is 11.3 Å². The lowest BCUT2D eigenvalue weighted by Gasteiger charge is -2.05. The Kier molecular flexibility index (Phi) is 5.19. The SMILES string of the molecule is O=C(CCc1ccccc1Br)NCc1cn(-c2ccsc2)nn1. The van der Waals surface area contributed by atoms with Crippen LogP contribution in [0.2, 0.25) is 0 Å². The summed E-state index contributed by atoms with van der Waals surface area (Å²) < 4.78 is 2.74. The van der Waals surface area contributed by atoms with Crippen LogP contribution in [0.4, 0.5) is 0 Å². The van der Waals surface area contributed by atoms with Gasteiger partial charge in [-0.3, -0.25) is 4.79 Å². The fourth-order valence-electron chi connectivity index (χ4n) is 2.12. The van der Waals surface area contributed by atoms with Gasteiger partial charge in [0.15, 0.2) is 0 Å². The summed E-state index contributed by atoms with van der Waals surface area (Å²) in [5.74, 6) is 0.00540. The van der Waals surface area contributed by atoms with E-state index in [2.05, 4.69) is 31.6 Å². The molecule has 1 aromatic carbocycles. The molecule has 0 fully saturated rings. The lowest BCUT2D eigenvalue weighted by atomic mass is 10.1. The molecule has 1 N–H and O–H groups in total. The van der Waals surface area contributed by atoms with Crippen molar-refractivity contribution in [3.05, 3.63) is 63.0 Å². The van der Waals surface area contributed by atoms with Crippen LogP contribution in [0.5, 0.6) is 0 Å². The summed E-state index contributed by atoms with van der Waals surface area (Å²) in [6, 6.07) is 9.91. The number of carbonyl (C=O) groups excluding carboxylic acids is 1. The van der Waals surface area contributed by atoms with E-state index in [1.165, 1.54) is 0 Å². The Morgan fingerprint density at radius 3 is 2.96 bits per heavy atom. The molecule has 0 unspecified atom stereocenters. The molecule has 2 aromatic heterocycles. The minimum absolute atomic E-state index is 0.00540. The van der Waals surface area contributed by atoms with Gasteiger partial charge in [0.25, 0.3) is 0 Å². The molecule has 0 aliphatic rings. The highest BCUT2D eigenvalue weighted by atomic mass is 79.9. The van der Waals surface area contributed by atoms with Gasteiger partial charge >= 0.3 is 0 Å². The van der Waals surface area contributed by atoms with Crippen molar-refractivity contribution in [1.82, 2.24) is 20.3 Å². The first-order valence-electron chi connectivity index (χ1n) is 7.16. The van der Waals surface area contributed by atoms with Crippen LogP contribution in [0.15, 0.2) is 51.8 Å². The molecule has 0 atom stereocenters. The van der Waals surface area contributed by atoms with E-state index in [9.17, 15) is 4.79 Å². The highest BCUT2D eigenvalue weighted by molar-refractivity contribution is 9.10. The lowest BCUT2D eigenvalue weighted by Crippen LogP contribution is -2.23. The Labute approximate surface area is 146 Å². The van der Waals surface area contributed by atoms with Crippen molar-refractivity contribution in [2.75, 3.05) is 0 Å². The van der Waals surface area contributed by atoms with Crippen LogP contribution in [0.3, 0.4) is 0 Å². The molecular weight excluding hydrogens is 376 g/mol. The Morgan fingerprint density at radius 1 is 1.30 bits per heavy atom. The van der Waals surface area contributed by atoms with E-state index in [1.54, 1.807) is 16.0 Å². The maximum atomic E-state index is 12.0. The molecule has 0 saturated carbocycles. The average Bonchev–Trinajstić information content (AvgIpc) is 3.23. The van der Waals surface area contributed by atoms with Gasteiger partial charge in [-0.15, -0.1) is 5.10 Å². The summed E-state index contributed by atoms with van der Waals surface area (Å²) in [6.07, 6.45) is 2.98. The van der Waals surface area contributed by atoms with Gasteiger partial charge in [0, 0.05) is 16.3 Å². The molecule has 0 spiro atoms. The van der Waals surface area contributed by atoms with Crippen molar-refractivity contribution >= 4 is 33.2 Å². The first kappa shape index (κ1) is 15.9. The summed E-state index contributed by atoms with van der Waals surface area (Å²) in [7, 11) is 0. The monoisotopic (exact) mass is 390 g/mol. The smallest absolute Gasteiger partial charge is 0.220 e. The number of benzene rings is 1. The van der Waals surface area contributed by atoms with Gasteiger partial charge in [-0.05, 0) is 29.5 Å². The molecule has 3 rings (SSSR count). The topological polar surface area (TPSA) is 59.8 Å². The van der Waals surface area contributed by atoms with Gasteiger partial charge in [0.05, 0.1) is 18.4 Å². The summed E-state index contributed by atoms with van der Waals surface area (Å²) in [6.45, 7) is 0.388. The van der Waals surface area contributed by atoms with E-state index in [1.807, 2.05) is 47.3 Å². The van der Waals surface area contributed by atoms with Crippen molar-refractivity contribution in [3.63, 3.8) is 0 Å². The third-order valence-corrected chi connectivity index (χ3v) is 4.80. The number of amides is 1. The Bertz CT molecular complexity index is 785. The number of nitrogens with one attached hydrogen (secondary N) is 1. The Balaban J connectivity index is 1.49. The van der Waals surface area contributed by atoms with Crippen LogP contribution in [-0.4, -0.2) is 20.9 Å². The molecule has 0 saturated heterocycles. The lowest BCUT2D eigenvalue weighted by molar-refractivity contribution is -0.121. The van der Waals surface area contributed by atoms with E-state index in [4.69, 9.17) is 0 Å². The molecule has 3 aromatic rings. The molecule has 2 heterocycles. The zero-order chi connectivity index (χ0) is 16.1. The quantitative estimate of drug-likeness (QED) is 0.701. The van der Waals surface area contributed by atoms with Crippen molar-refractivity contribution in [3.8, 4) is 5.69 Å². The molecular formula is C16H15BrN4OS. The summed E-state index contributed by atoms with van der Waals surface area (Å²) in [5.41, 5.74) is 2.85. The molecule has 7 heteroatoms. The summed E-state index contributed by atoms with van der Waals surface area (Å²) in [5, 5.41) is 15.0. The number of halogens is 1. The van der Waals surface area contributed by atoms with Gasteiger partial charge in [0.2, 0.25) is 5.91 Å². The van der Waals surface area contributed by atoms with Gasteiger partial charge < -0.3 is 5.32 Å². The van der Waals surface area contributed by atoms with E-state index >= 15 is 0 Å². The number of thiophene rings is 1. The van der Waals surface area contributed by atoms with Gasteiger partial charge in [0.1, 0.15) is 5.69 Å². The maximum absolute atomic E-state index is 12.0. The normalized spacial score (nSPS) is 10.7. The van der Waals surface area contributed by atoms with E-state index in [-0.39, 0.29) is 5.91 Å². The third kappa shape index (κ3) is 4.27. The second-order valence-electron chi connectivity index (χ2n) is 5.00. The number of hydrogen-bond acceptors (Lipinski definition) is 4. The highest BCUT2D eigenvalue weighted by Crippen LogP contribution is 2.17. The Morgan fingerprint density at radius 2 is 2.17 bits per heavy atom. The average molecular weight is 391 g/mol. The van der Waals surface area contributed by atoms with Crippen molar-refractivity contribution in [2.45, 2.75) is 19.4 Å². The standard InChI is InChI=1S/C16H15BrN4OS/c17-15-4-2-1-3-12(15)5-6-16(22)18-9-13-10-21(20-19-13)14-7-8-23-11-14/h1-4,7-8,10-11H,5-6,9H2,(H,18,22). The van der Waals surface area contributed by atoms with Gasteiger partial charge in [-0.1, -0.05) is 39.3 Å². The fourth-order valence-corrected chi connectivity index (χ4v) is 3.23. The number of aryl methyl sites for hydroxylation is 1. The molecule has 0 aliphatic heterocycles. The van der Waals surface area contributed by atoms with Crippen LogP contribution in [-0.2, 0) is 17.8 Å². The molecule has 118 valence electrons. The molecule has 0 bridgehead atoms. The largest absolute Gasteiger partial charge is 0.350 e. The number of rotatable bonds is 6. The van der Waals surface area contributed by atoms with Crippen LogP contribution >= 0.6 is 27.3 Å². The van der Waals surface area contributed by atoms with E-state index in [0.29, 0.717) is 19.4 Å². The predicted octanol–water partition coefficient (Wildman–Crippen LogP) is 3.34. The summed E-state index contributed by atoms with van der Waals surface area (Å²) >= 11 is 5.10. The minimum atomic E-state index is 0.00540. The van der Waals surface area contributed by atoms with E-state index < -0.39 is 0 Å². The maximum Gasteiger partial charge on any atom is 0.220 e. The summed E-state index contributed by atoms with van der Waals surface area (Å²) in [4.78, 5) is 12.0. The van der Waals surface area contributed by atoms with Crippen LogP contribution in [0.25, 0.3) is 5.69 Å². The number of aromatic nitrogens is 3.